The number of alkyl halides is 3. The largest absolute Gasteiger partial charge is 0.508 e. The standard InChI is InChI=1S/C21H21F3N2O5/c1-31-19(29)17(12-13-5-3-2-4-6-13)25-18(28)16(26-20(30)21(22,23)24)11-14-7-9-15(27)10-8-14/h2-10,16-17,27H,11-12H2,1H3,(H,25,28)(H,26,30)/t16-,17-/m0/s1. The van der Waals surface area contributed by atoms with Crippen LogP contribution in [0.5, 0.6) is 5.75 Å². The zero-order valence-corrected chi connectivity index (χ0v) is 16.5. The fraction of sp³-hybridized carbons (Fsp3) is 0.286. The van der Waals surface area contributed by atoms with Crippen LogP contribution in [0, 0.1) is 0 Å². The van der Waals surface area contributed by atoms with Crippen molar-refractivity contribution in [3.8, 4) is 5.75 Å². The van der Waals surface area contributed by atoms with Gasteiger partial charge in [0, 0.05) is 12.8 Å². The van der Waals surface area contributed by atoms with Crippen LogP contribution in [0.25, 0.3) is 0 Å². The summed E-state index contributed by atoms with van der Waals surface area (Å²) in [7, 11) is 1.12. The van der Waals surface area contributed by atoms with Gasteiger partial charge < -0.3 is 20.5 Å². The number of methoxy groups -OCH3 is 1. The lowest BCUT2D eigenvalue weighted by molar-refractivity contribution is -0.174. The van der Waals surface area contributed by atoms with Crippen molar-refractivity contribution in [2.24, 2.45) is 0 Å². The van der Waals surface area contributed by atoms with Gasteiger partial charge >= 0.3 is 18.1 Å². The Hall–Kier alpha value is -3.56. The molecule has 0 radical (unpaired) electrons. The zero-order valence-electron chi connectivity index (χ0n) is 16.5. The molecule has 0 saturated carbocycles. The maximum Gasteiger partial charge on any atom is 0.471 e. The topological polar surface area (TPSA) is 105 Å². The van der Waals surface area contributed by atoms with E-state index in [1.165, 1.54) is 24.3 Å². The van der Waals surface area contributed by atoms with Crippen LogP contribution in [0.3, 0.4) is 0 Å². The number of rotatable bonds is 8. The number of phenols is 1. The van der Waals surface area contributed by atoms with E-state index in [2.05, 4.69) is 10.1 Å². The van der Waals surface area contributed by atoms with Gasteiger partial charge in [0.15, 0.2) is 0 Å². The molecule has 0 fully saturated rings. The molecule has 2 rings (SSSR count). The first kappa shape index (κ1) is 23.7. The van der Waals surface area contributed by atoms with Crippen molar-refractivity contribution in [2.75, 3.05) is 7.11 Å². The molecule has 2 aromatic carbocycles. The van der Waals surface area contributed by atoms with Crippen LogP contribution in [0.4, 0.5) is 13.2 Å². The highest BCUT2D eigenvalue weighted by molar-refractivity contribution is 5.92. The predicted octanol–water partition coefficient (Wildman–Crippen LogP) is 1.88. The number of aromatic hydroxyl groups is 1. The SMILES string of the molecule is COC(=O)[C@H](Cc1ccccc1)NC(=O)[C@H](Cc1ccc(O)cc1)NC(=O)C(F)(F)F. The van der Waals surface area contributed by atoms with E-state index in [0.717, 1.165) is 7.11 Å². The Morgan fingerprint density at radius 3 is 2.00 bits per heavy atom. The third-order valence-electron chi connectivity index (χ3n) is 4.34. The first-order chi connectivity index (χ1) is 14.6. The van der Waals surface area contributed by atoms with Gasteiger partial charge in [0.05, 0.1) is 7.11 Å². The number of amides is 2. The molecule has 10 heteroatoms. The Morgan fingerprint density at radius 1 is 0.903 bits per heavy atom. The summed E-state index contributed by atoms with van der Waals surface area (Å²) < 4.78 is 42.9. The fourth-order valence-corrected chi connectivity index (χ4v) is 2.77. The van der Waals surface area contributed by atoms with Crippen molar-refractivity contribution in [3.63, 3.8) is 0 Å². The molecule has 7 nitrogen and oxygen atoms in total. The average Bonchev–Trinajstić information content (AvgIpc) is 2.73. The van der Waals surface area contributed by atoms with Crippen LogP contribution >= 0.6 is 0 Å². The summed E-state index contributed by atoms with van der Waals surface area (Å²) in [6.07, 6.45) is -5.45. The molecule has 0 spiro atoms. The molecule has 2 aromatic rings. The van der Waals surface area contributed by atoms with Gasteiger partial charge in [0.25, 0.3) is 0 Å². The van der Waals surface area contributed by atoms with Crippen LogP contribution < -0.4 is 10.6 Å². The highest BCUT2D eigenvalue weighted by atomic mass is 19.4. The van der Waals surface area contributed by atoms with Gasteiger partial charge in [-0.15, -0.1) is 0 Å². The smallest absolute Gasteiger partial charge is 0.471 e. The Kier molecular flexibility index (Phi) is 8.00. The molecule has 0 aromatic heterocycles. The summed E-state index contributed by atoms with van der Waals surface area (Å²) in [5, 5.41) is 13.4. The van der Waals surface area contributed by atoms with Gasteiger partial charge in [0.1, 0.15) is 17.8 Å². The molecule has 3 N–H and O–H groups in total. The summed E-state index contributed by atoms with van der Waals surface area (Å²) >= 11 is 0. The van der Waals surface area contributed by atoms with Crippen molar-refractivity contribution in [2.45, 2.75) is 31.1 Å². The van der Waals surface area contributed by atoms with Crippen molar-refractivity contribution in [1.82, 2.24) is 10.6 Å². The van der Waals surface area contributed by atoms with Gasteiger partial charge in [0.2, 0.25) is 5.91 Å². The van der Waals surface area contributed by atoms with E-state index >= 15 is 0 Å². The average molecular weight is 438 g/mol. The van der Waals surface area contributed by atoms with Crippen molar-refractivity contribution in [3.05, 3.63) is 65.7 Å². The van der Waals surface area contributed by atoms with E-state index in [4.69, 9.17) is 0 Å². The third-order valence-corrected chi connectivity index (χ3v) is 4.34. The van der Waals surface area contributed by atoms with E-state index in [1.807, 2.05) is 0 Å². The molecule has 0 saturated heterocycles. The quantitative estimate of drug-likeness (QED) is 0.546. The number of carbonyl (C=O) groups is 3. The Balaban J connectivity index is 2.22. The van der Waals surface area contributed by atoms with Gasteiger partial charge in [-0.1, -0.05) is 42.5 Å². The molecule has 0 aliphatic heterocycles. The van der Waals surface area contributed by atoms with E-state index < -0.39 is 36.0 Å². The summed E-state index contributed by atoms with van der Waals surface area (Å²) in [5.74, 6) is -4.14. The first-order valence-corrected chi connectivity index (χ1v) is 9.18. The number of carbonyl (C=O) groups excluding carboxylic acids is 3. The van der Waals surface area contributed by atoms with Crippen molar-refractivity contribution in [1.29, 1.82) is 0 Å². The van der Waals surface area contributed by atoms with Crippen LogP contribution in [0.15, 0.2) is 54.6 Å². The Bertz CT molecular complexity index is 901. The van der Waals surface area contributed by atoms with E-state index in [-0.39, 0.29) is 18.6 Å². The van der Waals surface area contributed by atoms with Crippen LogP contribution in [-0.4, -0.2) is 48.3 Å². The summed E-state index contributed by atoms with van der Waals surface area (Å²) in [5.41, 5.74) is 1.07. The number of esters is 1. The second kappa shape index (κ2) is 10.5. The molecule has 2 amide bonds. The molecule has 31 heavy (non-hydrogen) atoms. The van der Waals surface area contributed by atoms with Crippen molar-refractivity contribution < 1.29 is 37.4 Å². The minimum atomic E-state index is -5.20. The maximum absolute atomic E-state index is 12.7. The maximum atomic E-state index is 12.7. The van der Waals surface area contributed by atoms with Gasteiger partial charge in [-0.3, -0.25) is 9.59 Å². The molecule has 0 unspecified atom stereocenters. The fourth-order valence-electron chi connectivity index (χ4n) is 2.77. The minimum absolute atomic E-state index is 0.0401. The summed E-state index contributed by atoms with van der Waals surface area (Å²) in [6, 6.07) is 11.2. The molecular weight excluding hydrogens is 417 g/mol. The second-order valence-corrected chi connectivity index (χ2v) is 6.67. The molecule has 0 aliphatic rings. The van der Waals surface area contributed by atoms with Gasteiger partial charge in [-0.25, -0.2) is 4.79 Å². The van der Waals surface area contributed by atoms with E-state index in [0.29, 0.717) is 11.1 Å². The number of nitrogens with one attached hydrogen (secondary N) is 2. The summed E-state index contributed by atoms with van der Waals surface area (Å²) in [6.45, 7) is 0. The normalized spacial score (nSPS) is 13.0. The third kappa shape index (κ3) is 7.32. The number of benzene rings is 2. The number of ether oxygens (including phenoxy) is 1. The lowest BCUT2D eigenvalue weighted by Crippen LogP contribution is -2.55. The van der Waals surface area contributed by atoms with Crippen LogP contribution in [0.2, 0.25) is 0 Å². The highest BCUT2D eigenvalue weighted by Gasteiger charge is 2.41. The second-order valence-electron chi connectivity index (χ2n) is 6.67. The molecule has 0 bridgehead atoms. The molecule has 0 aliphatic carbocycles. The molecule has 2 atom stereocenters. The van der Waals surface area contributed by atoms with Crippen LogP contribution in [-0.2, 0) is 32.0 Å². The Labute approximate surface area is 176 Å². The number of phenolic OH excluding ortho intramolecular Hbond substituents is 1. The summed E-state index contributed by atoms with van der Waals surface area (Å²) in [4.78, 5) is 36.3. The molecule has 0 heterocycles. The number of hydrogen-bond donors (Lipinski definition) is 3. The zero-order chi connectivity index (χ0) is 23.0. The predicted molar refractivity (Wildman–Crippen MR) is 104 cm³/mol. The van der Waals surface area contributed by atoms with Gasteiger partial charge in [-0.2, -0.15) is 13.2 Å². The Morgan fingerprint density at radius 2 is 1.45 bits per heavy atom. The van der Waals surface area contributed by atoms with Gasteiger partial charge in [-0.05, 0) is 23.3 Å². The first-order valence-electron chi connectivity index (χ1n) is 9.18. The molecular formula is C21H21F3N2O5. The lowest BCUT2D eigenvalue weighted by Gasteiger charge is -2.23. The van der Waals surface area contributed by atoms with E-state index in [9.17, 15) is 32.7 Å². The number of halogens is 3. The lowest BCUT2D eigenvalue weighted by atomic mass is 10.0. The minimum Gasteiger partial charge on any atom is -0.508 e. The van der Waals surface area contributed by atoms with Crippen molar-refractivity contribution >= 4 is 17.8 Å². The number of hydrogen-bond acceptors (Lipinski definition) is 5. The highest BCUT2D eigenvalue weighted by Crippen LogP contribution is 2.16. The monoisotopic (exact) mass is 438 g/mol. The molecule has 166 valence electrons. The van der Waals surface area contributed by atoms with Crippen LogP contribution in [0.1, 0.15) is 11.1 Å². The van der Waals surface area contributed by atoms with E-state index in [1.54, 1.807) is 35.6 Å².